The Bertz CT molecular complexity index is 1290. The first-order valence-electron chi connectivity index (χ1n) is 11.3. The molecule has 1 fully saturated rings. The number of benzene rings is 1. The first-order chi connectivity index (χ1) is 16.6. The second-order valence-corrected chi connectivity index (χ2v) is 8.85. The number of aromatic nitrogens is 3. The van der Waals surface area contributed by atoms with Crippen molar-refractivity contribution >= 4 is 23.0 Å². The Labute approximate surface area is 205 Å². The van der Waals surface area contributed by atoms with Gasteiger partial charge in [-0.15, -0.1) is 0 Å². The molecule has 3 aromatic heterocycles. The molecule has 34 heavy (non-hydrogen) atoms. The van der Waals surface area contributed by atoms with Crippen LogP contribution in [0.1, 0.15) is 40.3 Å². The smallest absolute Gasteiger partial charge is 0.174 e. The summed E-state index contributed by atoms with van der Waals surface area (Å²) in [7, 11) is 1.68. The zero-order chi connectivity index (χ0) is 23.7. The highest BCUT2D eigenvalue weighted by molar-refractivity contribution is 7.80. The highest BCUT2D eigenvalue weighted by atomic mass is 32.1. The molecule has 0 spiro atoms. The second kappa shape index (κ2) is 9.27. The minimum atomic E-state index is -0.0781. The Hall–Kier alpha value is -3.71. The van der Waals surface area contributed by atoms with Gasteiger partial charge >= 0.3 is 0 Å². The highest BCUT2D eigenvalue weighted by Gasteiger charge is 2.42. The predicted molar refractivity (Wildman–Crippen MR) is 138 cm³/mol. The highest BCUT2D eigenvalue weighted by Crippen LogP contribution is 2.43. The summed E-state index contributed by atoms with van der Waals surface area (Å²) in [6.07, 6.45) is 5.51. The number of thiocarbonyl (C=S) groups is 1. The van der Waals surface area contributed by atoms with E-state index in [0.29, 0.717) is 5.11 Å². The molecule has 1 aromatic carbocycles. The summed E-state index contributed by atoms with van der Waals surface area (Å²) in [5, 5.41) is 4.23. The summed E-state index contributed by atoms with van der Waals surface area (Å²) < 4.78 is 7.73. The van der Waals surface area contributed by atoms with E-state index in [2.05, 4.69) is 75.0 Å². The molecule has 1 aliphatic heterocycles. The number of rotatable bonds is 6. The van der Waals surface area contributed by atoms with E-state index in [4.69, 9.17) is 17.0 Å². The van der Waals surface area contributed by atoms with Crippen molar-refractivity contribution in [3.05, 3.63) is 107 Å². The third kappa shape index (κ3) is 4.03. The van der Waals surface area contributed by atoms with Crippen molar-refractivity contribution in [2.24, 2.45) is 0 Å². The zero-order valence-corrected chi connectivity index (χ0v) is 20.3. The maximum absolute atomic E-state index is 5.87. The lowest BCUT2D eigenvalue weighted by Gasteiger charge is -2.28. The minimum Gasteiger partial charge on any atom is -0.497 e. The van der Waals surface area contributed by atoms with E-state index in [1.54, 1.807) is 7.11 Å². The Morgan fingerprint density at radius 1 is 1.00 bits per heavy atom. The number of methoxy groups -OCH3 is 1. The maximum atomic E-state index is 5.87. The van der Waals surface area contributed by atoms with Crippen molar-refractivity contribution in [2.75, 3.05) is 12.0 Å². The first kappa shape index (κ1) is 22.1. The first-order valence-corrected chi connectivity index (χ1v) is 11.7. The molecule has 0 bridgehead atoms. The van der Waals surface area contributed by atoms with Gasteiger partial charge in [-0.05, 0) is 91.8 Å². The van der Waals surface area contributed by atoms with Gasteiger partial charge in [0.2, 0.25) is 0 Å². The molecule has 0 aliphatic carbocycles. The minimum absolute atomic E-state index is 0.0480. The molecule has 5 rings (SSSR count). The quantitative estimate of drug-likeness (QED) is 0.395. The summed E-state index contributed by atoms with van der Waals surface area (Å²) in [6.45, 7) is 5.14. The number of hydrogen-bond donors (Lipinski definition) is 1. The van der Waals surface area contributed by atoms with Crippen LogP contribution in [0.4, 0.5) is 5.69 Å². The van der Waals surface area contributed by atoms with Crippen LogP contribution in [0.15, 0.2) is 79.3 Å². The van der Waals surface area contributed by atoms with Gasteiger partial charge in [-0.3, -0.25) is 9.97 Å². The molecule has 4 aromatic rings. The second-order valence-electron chi connectivity index (χ2n) is 8.46. The molecule has 4 heterocycles. The number of ether oxygens (including phenoxy) is 1. The van der Waals surface area contributed by atoms with Crippen LogP contribution in [0.25, 0.3) is 0 Å². The van der Waals surface area contributed by atoms with Crippen molar-refractivity contribution < 1.29 is 4.74 Å². The van der Waals surface area contributed by atoms with Gasteiger partial charge in [0.05, 0.1) is 24.9 Å². The molecule has 172 valence electrons. The van der Waals surface area contributed by atoms with E-state index in [1.165, 1.54) is 22.5 Å². The zero-order valence-electron chi connectivity index (χ0n) is 19.5. The summed E-state index contributed by atoms with van der Waals surface area (Å²) in [5.74, 6) is 0.815. The molecule has 0 saturated carbocycles. The Morgan fingerprint density at radius 2 is 1.76 bits per heavy atom. The van der Waals surface area contributed by atoms with Gasteiger partial charge < -0.3 is 19.5 Å². The summed E-state index contributed by atoms with van der Waals surface area (Å²) in [4.78, 5) is 11.0. The van der Waals surface area contributed by atoms with E-state index >= 15 is 0 Å². The number of nitrogens with zero attached hydrogens (tertiary/aromatic N) is 4. The molecule has 7 heteroatoms. The fourth-order valence-corrected chi connectivity index (χ4v) is 5.08. The number of anilines is 1. The SMILES string of the molecule is COc1ccc(N2C(=S)N[C@H](c3ccccn3)[C@H]2c2cc(C)n(Cc3ccncc3)c2C)cc1. The van der Waals surface area contributed by atoms with E-state index in [-0.39, 0.29) is 12.1 Å². The van der Waals surface area contributed by atoms with Crippen molar-refractivity contribution in [3.63, 3.8) is 0 Å². The monoisotopic (exact) mass is 469 g/mol. The summed E-state index contributed by atoms with van der Waals surface area (Å²) in [6, 6.07) is 20.3. The Morgan fingerprint density at radius 3 is 2.44 bits per heavy atom. The molecule has 1 N–H and O–H groups in total. The van der Waals surface area contributed by atoms with E-state index < -0.39 is 0 Å². The lowest BCUT2D eigenvalue weighted by Crippen LogP contribution is -2.29. The van der Waals surface area contributed by atoms with Gasteiger partial charge in [0, 0.05) is 42.2 Å². The molecule has 1 saturated heterocycles. The van der Waals surface area contributed by atoms with E-state index in [1.807, 2.05) is 42.9 Å². The van der Waals surface area contributed by atoms with Gasteiger partial charge in [0.15, 0.2) is 5.11 Å². The largest absolute Gasteiger partial charge is 0.497 e. The van der Waals surface area contributed by atoms with Crippen LogP contribution < -0.4 is 15.0 Å². The standard InChI is InChI=1S/C27H27N5OS/c1-18-16-23(19(2)31(18)17-20-11-14-28-15-12-20)26-25(24-6-4-5-13-29-24)30-27(34)32(26)21-7-9-22(33-3)10-8-21/h4-16,25-26H,17H2,1-3H3,(H,30,34)/t25-,26-/m1/s1. The summed E-state index contributed by atoms with van der Waals surface area (Å²) >= 11 is 5.87. The molecule has 0 radical (unpaired) electrons. The molecule has 0 amide bonds. The van der Waals surface area contributed by atoms with E-state index in [0.717, 1.165) is 23.7 Å². The lowest BCUT2D eigenvalue weighted by atomic mass is 9.96. The number of hydrogen-bond acceptors (Lipinski definition) is 4. The third-order valence-corrected chi connectivity index (χ3v) is 6.78. The van der Waals surface area contributed by atoms with Gasteiger partial charge in [0.25, 0.3) is 0 Å². The van der Waals surface area contributed by atoms with Crippen LogP contribution in [0, 0.1) is 13.8 Å². The van der Waals surface area contributed by atoms with Crippen LogP contribution in [0.5, 0.6) is 5.75 Å². The topological polar surface area (TPSA) is 55.2 Å². The maximum Gasteiger partial charge on any atom is 0.174 e. The molecule has 0 unspecified atom stereocenters. The molecule has 6 nitrogen and oxygen atoms in total. The fourth-order valence-electron chi connectivity index (χ4n) is 4.73. The Kier molecular flexibility index (Phi) is 6.02. The van der Waals surface area contributed by atoms with Crippen molar-refractivity contribution in [2.45, 2.75) is 32.5 Å². The molecule has 1 aliphatic rings. The predicted octanol–water partition coefficient (Wildman–Crippen LogP) is 5.13. The van der Waals surface area contributed by atoms with Crippen LogP contribution in [-0.2, 0) is 6.54 Å². The van der Waals surface area contributed by atoms with Gasteiger partial charge in [-0.2, -0.15) is 0 Å². The number of nitrogens with one attached hydrogen (secondary N) is 1. The lowest BCUT2D eigenvalue weighted by molar-refractivity contribution is 0.415. The summed E-state index contributed by atoms with van der Waals surface area (Å²) in [5.41, 5.74) is 6.84. The third-order valence-electron chi connectivity index (χ3n) is 6.47. The molecular formula is C27H27N5OS. The van der Waals surface area contributed by atoms with Crippen molar-refractivity contribution in [1.82, 2.24) is 19.9 Å². The Balaban J connectivity index is 1.61. The van der Waals surface area contributed by atoms with Crippen LogP contribution in [0.3, 0.4) is 0 Å². The normalized spacial score (nSPS) is 17.6. The fraction of sp³-hybridized carbons (Fsp3) is 0.222. The average Bonchev–Trinajstić information content (AvgIpc) is 3.36. The van der Waals surface area contributed by atoms with Gasteiger partial charge in [-0.25, -0.2) is 0 Å². The average molecular weight is 470 g/mol. The van der Waals surface area contributed by atoms with E-state index in [9.17, 15) is 0 Å². The van der Waals surface area contributed by atoms with Crippen LogP contribution >= 0.6 is 12.2 Å². The molecular weight excluding hydrogens is 442 g/mol. The number of aryl methyl sites for hydroxylation is 1. The number of pyridine rings is 2. The van der Waals surface area contributed by atoms with Crippen LogP contribution in [-0.4, -0.2) is 26.8 Å². The van der Waals surface area contributed by atoms with Crippen molar-refractivity contribution in [3.8, 4) is 5.75 Å². The van der Waals surface area contributed by atoms with Gasteiger partial charge in [-0.1, -0.05) is 6.07 Å². The van der Waals surface area contributed by atoms with Gasteiger partial charge in [0.1, 0.15) is 5.75 Å². The van der Waals surface area contributed by atoms with Crippen LogP contribution in [0.2, 0.25) is 0 Å². The van der Waals surface area contributed by atoms with Crippen molar-refractivity contribution in [1.29, 1.82) is 0 Å². The molecule has 2 atom stereocenters.